The Morgan fingerprint density at radius 1 is 1.25 bits per heavy atom. The third-order valence-electron chi connectivity index (χ3n) is 2.76. The first kappa shape index (κ1) is 10.0. The Morgan fingerprint density at radius 3 is 2.33 bits per heavy atom. The van der Waals surface area contributed by atoms with Gasteiger partial charge in [-0.2, -0.15) is 0 Å². The molecule has 2 heteroatoms. The van der Waals surface area contributed by atoms with Gasteiger partial charge in [0.1, 0.15) is 0 Å². The summed E-state index contributed by atoms with van der Waals surface area (Å²) in [5.74, 6) is 0. The molecule has 1 aliphatic rings. The largest absolute Gasteiger partial charge is 0.320 e. The van der Waals surface area contributed by atoms with E-state index in [0.717, 1.165) is 12.6 Å². The molecule has 0 bridgehead atoms. The first-order chi connectivity index (χ1) is 5.67. The van der Waals surface area contributed by atoms with Gasteiger partial charge in [0.2, 0.25) is 0 Å². The van der Waals surface area contributed by atoms with Gasteiger partial charge in [0.15, 0.2) is 0 Å². The molecule has 1 saturated carbocycles. The van der Waals surface area contributed by atoms with Crippen LogP contribution in [0.5, 0.6) is 0 Å². The van der Waals surface area contributed by atoms with Gasteiger partial charge in [0.05, 0.1) is 0 Å². The van der Waals surface area contributed by atoms with Crippen LogP contribution in [0.4, 0.5) is 0 Å². The van der Waals surface area contributed by atoms with E-state index in [-0.39, 0.29) is 0 Å². The molecule has 0 saturated heterocycles. The van der Waals surface area contributed by atoms with Crippen LogP contribution in [-0.4, -0.2) is 26.2 Å². The van der Waals surface area contributed by atoms with Crippen LogP contribution >= 0.6 is 0 Å². The highest BCUT2D eigenvalue weighted by atomic mass is 15.0. The maximum Gasteiger partial charge on any atom is 0.0124 e. The van der Waals surface area contributed by atoms with Crippen LogP contribution in [-0.2, 0) is 0 Å². The van der Waals surface area contributed by atoms with Crippen LogP contribution in [0, 0.1) is 5.41 Å². The van der Waals surface area contributed by atoms with E-state index in [1.54, 1.807) is 0 Å². The molecule has 0 amide bonds. The zero-order chi connectivity index (χ0) is 9.03. The molecule has 2 nitrogen and oxygen atoms in total. The second-order valence-corrected chi connectivity index (χ2v) is 4.51. The third kappa shape index (κ3) is 3.11. The van der Waals surface area contributed by atoms with E-state index in [4.69, 9.17) is 0 Å². The van der Waals surface area contributed by atoms with Crippen molar-refractivity contribution in [3.05, 3.63) is 0 Å². The minimum absolute atomic E-state index is 0.586. The van der Waals surface area contributed by atoms with E-state index in [0.29, 0.717) is 5.41 Å². The lowest BCUT2D eigenvalue weighted by molar-refractivity contribution is 0.525. The molecule has 72 valence electrons. The van der Waals surface area contributed by atoms with Crippen LogP contribution in [0.15, 0.2) is 0 Å². The lowest BCUT2D eigenvalue weighted by Gasteiger charge is -2.05. The van der Waals surface area contributed by atoms with Crippen molar-refractivity contribution in [3.8, 4) is 0 Å². The summed E-state index contributed by atoms with van der Waals surface area (Å²) in [5, 5.41) is 6.74. The molecule has 12 heavy (non-hydrogen) atoms. The quantitative estimate of drug-likeness (QED) is 0.588. The molecule has 1 unspecified atom stereocenters. The summed E-state index contributed by atoms with van der Waals surface area (Å²) in [4.78, 5) is 0. The molecule has 0 aromatic carbocycles. The summed E-state index contributed by atoms with van der Waals surface area (Å²) in [6.07, 6.45) is 3.95. The molecule has 0 radical (unpaired) electrons. The van der Waals surface area contributed by atoms with Crippen molar-refractivity contribution < 1.29 is 0 Å². The number of unbranched alkanes of at least 4 members (excludes halogenated alkanes) is 1. The summed E-state index contributed by atoms with van der Waals surface area (Å²) < 4.78 is 0. The van der Waals surface area contributed by atoms with Crippen molar-refractivity contribution >= 4 is 0 Å². The van der Waals surface area contributed by atoms with E-state index in [2.05, 4.69) is 24.5 Å². The van der Waals surface area contributed by atoms with Crippen molar-refractivity contribution in [2.45, 2.75) is 39.2 Å². The average Bonchev–Trinajstić information content (AvgIpc) is 2.59. The Morgan fingerprint density at radius 2 is 1.83 bits per heavy atom. The highest BCUT2D eigenvalue weighted by molar-refractivity contribution is 5.01. The molecule has 1 fully saturated rings. The standard InChI is InChI=1S/C10H22N2/c1-10(2)8-9(10)12-7-5-4-6-11-3/h9,11-12H,4-8H2,1-3H3. The minimum atomic E-state index is 0.586. The molecule has 2 N–H and O–H groups in total. The van der Waals surface area contributed by atoms with Gasteiger partial charge in [-0.3, -0.25) is 0 Å². The van der Waals surface area contributed by atoms with Crippen molar-refractivity contribution in [3.63, 3.8) is 0 Å². The number of hydrogen-bond donors (Lipinski definition) is 2. The molecule has 1 aliphatic carbocycles. The molecule has 0 aromatic heterocycles. The van der Waals surface area contributed by atoms with Gasteiger partial charge in [-0.25, -0.2) is 0 Å². The highest BCUT2D eigenvalue weighted by Gasteiger charge is 2.44. The summed E-state index contributed by atoms with van der Waals surface area (Å²) in [7, 11) is 2.01. The lowest BCUT2D eigenvalue weighted by atomic mass is 10.2. The molecule has 0 spiro atoms. The van der Waals surface area contributed by atoms with Gasteiger partial charge in [-0.15, -0.1) is 0 Å². The van der Waals surface area contributed by atoms with Gasteiger partial charge < -0.3 is 10.6 Å². The Hall–Kier alpha value is -0.0800. The summed E-state index contributed by atoms with van der Waals surface area (Å²) in [6.45, 7) is 7.00. The van der Waals surface area contributed by atoms with E-state index in [1.165, 1.54) is 25.8 Å². The van der Waals surface area contributed by atoms with Crippen LogP contribution in [0.2, 0.25) is 0 Å². The third-order valence-corrected chi connectivity index (χ3v) is 2.76. The predicted octanol–water partition coefficient (Wildman–Crippen LogP) is 1.37. The summed E-state index contributed by atoms with van der Waals surface area (Å²) in [6, 6.07) is 0.798. The zero-order valence-corrected chi connectivity index (χ0v) is 8.61. The topological polar surface area (TPSA) is 24.1 Å². The van der Waals surface area contributed by atoms with E-state index >= 15 is 0 Å². The van der Waals surface area contributed by atoms with Crippen molar-refractivity contribution in [2.75, 3.05) is 20.1 Å². The van der Waals surface area contributed by atoms with Crippen LogP contribution in [0.25, 0.3) is 0 Å². The van der Waals surface area contributed by atoms with E-state index in [1.807, 2.05) is 7.05 Å². The molecular weight excluding hydrogens is 148 g/mol. The molecule has 1 atom stereocenters. The fourth-order valence-electron chi connectivity index (χ4n) is 1.52. The minimum Gasteiger partial charge on any atom is -0.320 e. The first-order valence-electron chi connectivity index (χ1n) is 5.05. The Labute approximate surface area is 76.1 Å². The van der Waals surface area contributed by atoms with E-state index < -0.39 is 0 Å². The number of rotatable bonds is 6. The fourth-order valence-corrected chi connectivity index (χ4v) is 1.52. The Balaban J connectivity index is 1.85. The van der Waals surface area contributed by atoms with Crippen molar-refractivity contribution in [2.24, 2.45) is 5.41 Å². The first-order valence-corrected chi connectivity index (χ1v) is 5.05. The maximum atomic E-state index is 3.58. The molecule has 0 heterocycles. The molecule has 0 aliphatic heterocycles. The number of nitrogens with one attached hydrogen (secondary N) is 2. The van der Waals surface area contributed by atoms with Gasteiger partial charge in [-0.05, 0) is 44.8 Å². The normalized spacial score (nSPS) is 25.8. The predicted molar refractivity (Wildman–Crippen MR) is 53.3 cm³/mol. The van der Waals surface area contributed by atoms with Crippen molar-refractivity contribution in [1.82, 2.24) is 10.6 Å². The molecular formula is C10H22N2. The Kier molecular flexibility index (Phi) is 3.53. The average molecular weight is 170 g/mol. The van der Waals surface area contributed by atoms with Gasteiger partial charge in [-0.1, -0.05) is 13.8 Å². The van der Waals surface area contributed by atoms with Crippen LogP contribution in [0.3, 0.4) is 0 Å². The fraction of sp³-hybridized carbons (Fsp3) is 1.00. The maximum absolute atomic E-state index is 3.58. The lowest BCUT2D eigenvalue weighted by Crippen LogP contribution is -2.22. The molecule has 0 aromatic rings. The van der Waals surface area contributed by atoms with Crippen LogP contribution < -0.4 is 10.6 Å². The SMILES string of the molecule is CNCCCCNC1CC1(C)C. The Bertz CT molecular complexity index is 132. The smallest absolute Gasteiger partial charge is 0.0124 e. The summed E-state index contributed by atoms with van der Waals surface area (Å²) in [5.41, 5.74) is 0.586. The van der Waals surface area contributed by atoms with Gasteiger partial charge in [0.25, 0.3) is 0 Å². The van der Waals surface area contributed by atoms with Gasteiger partial charge in [0, 0.05) is 6.04 Å². The second-order valence-electron chi connectivity index (χ2n) is 4.51. The summed E-state index contributed by atoms with van der Waals surface area (Å²) >= 11 is 0. The monoisotopic (exact) mass is 170 g/mol. The van der Waals surface area contributed by atoms with Crippen LogP contribution in [0.1, 0.15) is 33.1 Å². The van der Waals surface area contributed by atoms with Crippen molar-refractivity contribution in [1.29, 1.82) is 0 Å². The molecule has 1 rings (SSSR count). The number of hydrogen-bond acceptors (Lipinski definition) is 2. The van der Waals surface area contributed by atoms with Gasteiger partial charge >= 0.3 is 0 Å². The second kappa shape index (κ2) is 4.24. The zero-order valence-electron chi connectivity index (χ0n) is 8.61. The highest BCUT2D eigenvalue weighted by Crippen LogP contribution is 2.44. The van der Waals surface area contributed by atoms with E-state index in [9.17, 15) is 0 Å².